The molecule has 1 unspecified atom stereocenters. The summed E-state index contributed by atoms with van der Waals surface area (Å²) in [5.74, 6) is 0.975. The molecule has 0 aliphatic carbocycles. The van der Waals surface area contributed by atoms with Crippen LogP contribution in [0.15, 0.2) is 11.8 Å². The molecule has 0 saturated heterocycles. The van der Waals surface area contributed by atoms with Crippen molar-refractivity contribution in [1.29, 1.82) is 0 Å². The van der Waals surface area contributed by atoms with Crippen LogP contribution in [-0.4, -0.2) is 36.2 Å². The average molecular weight is 226 g/mol. The molecule has 0 spiro atoms. The van der Waals surface area contributed by atoms with E-state index in [1.807, 2.05) is 0 Å². The summed E-state index contributed by atoms with van der Waals surface area (Å²) < 4.78 is 5.67. The van der Waals surface area contributed by atoms with E-state index in [2.05, 4.69) is 38.7 Å². The fourth-order valence-electron chi connectivity index (χ4n) is 2.38. The van der Waals surface area contributed by atoms with Gasteiger partial charge in [0.2, 0.25) is 0 Å². The highest BCUT2D eigenvalue weighted by molar-refractivity contribution is 5.12. The molecule has 1 rings (SSSR count). The van der Waals surface area contributed by atoms with E-state index in [4.69, 9.17) is 10.5 Å². The quantitative estimate of drug-likeness (QED) is 0.780. The van der Waals surface area contributed by atoms with Gasteiger partial charge in [-0.3, -0.25) is 4.90 Å². The molecule has 0 aromatic carbocycles. The number of likely N-dealkylation sites (N-methyl/N-ethyl adjacent to an activating group) is 1. The number of nitrogens with two attached hydrogens (primary N) is 1. The smallest absolute Gasteiger partial charge is 0.111 e. The van der Waals surface area contributed by atoms with Crippen LogP contribution >= 0.6 is 0 Å². The largest absolute Gasteiger partial charge is 0.497 e. The summed E-state index contributed by atoms with van der Waals surface area (Å²) >= 11 is 0. The predicted molar refractivity (Wildman–Crippen MR) is 68.2 cm³/mol. The van der Waals surface area contributed by atoms with Gasteiger partial charge in [-0.1, -0.05) is 13.8 Å². The summed E-state index contributed by atoms with van der Waals surface area (Å²) in [6.45, 7) is 11.6. The minimum atomic E-state index is -0.0489. The zero-order valence-corrected chi connectivity index (χ0v) is 11.1. The normalized spacial score (nSPS) is 19.2. The number of rotatable bonds is 5. The van der Waals surface area contributed by atoms with Gasteiger partial charge < -0.3 is 10.5 Å². The third-order valence-electron chi connectivity index (χ3n) is 3.61. The van der Waals surface area contributed by atoms with Gasteiger partial charge in [-0.05, 0) is 45.9 Å². The molecule has 0 amide bonds. The van der Waals surface area contributed by atoms with Crippen LogP contribution in [0.2, 0.25) is 0 Å². The summed E-state index contributed by atoms with van der Waals surface area (Å²) in [5, 5.41) is 0. The van der Waals surface area contributed by atoms with Crippen LogP contribution < -0.4 is 5.73 Å². The first kappa shape index (κ1) is 13.5. The Hall–Kier alpha value is -0.540. The van der Waals surface area contributed by atoms with E-state index < -0.39 is 0 Å². The lowest BCUT2D eigenvalue weighted by atomic mass is 9.90. The van der Waals surface area contributed by atoms with E-state index in [0.29, 0.717) is 0 Å². The second-order valence-corrected chi connectivity index (χ2v) is 4.90. The van der Waals surface area contributed by atoms with Crippen LogP contribution in [0.4, 0.5) is 0 Å². The van der Waals surface area contributed by atoms with Crippen LogP contribution in [0, 0.1) is 0 Å². The van der Waals surface area contributed by atoms with Gasteiger partial charge in [-0.25, -0.2) is 0 Å². The minimum absolute atomic E-state index is 0.0345. The van der Waals surface area contributed by atoms with E-state index >= 15 is 0 Å². The van der Waals surface area contributed by atoms with E-state index in [1.54, 1.807) is 0 Å². The highest BCUT2D eigenvalue weighted by atomic mass is 16.5. The lowest BCUT2D eigenvalue weighted by Gasteiger charge is -2.42. The lowest BCUT2D eigenvalue weighted by Crippen LogP contribution is -2.57. The molecule has 94 valence electrons. The molecular formula is C13H26N2O. The number of hydrogen-bond donors (Lipinski definition) is 1. The first-order valence-corrected chi connectivity index (χ1v) is 6.37. The van der Waals surface area contributed by atoms with Crippen molar-refractivity contribution in [3.63, 3.8) is 0 Å². The lowest BCUT2D eigenvalue weighted by molar-refractivity contribution is 0.0791. The Kier molecular flexibility index (Phi) is 4.81. The van der Waals surface area contributed by atoms with Gasteiger partial charge in [-0.2, -0.15) is 0 Å². The number of hydrogen-bond acceptors (Lipinski definition) is 3. The van der Waals surface area contributed by atoms with E-state index in [1.165, 1.54) is 0 Å². The molecule has 3 heteroatoms. The van der Waals surface area contributed by atoms with Crippen molar-refractivity contribution < 1.29 is 4.74 Å². The molecule has 1 aliphatic rings. The van der Waals surface area contributed by atoms with Gasteiger partial charge in [0, 0.05) is 5.54 Å². The van der Waals surface area contributed by atoms with Crippen molar-refractivity contribution in [2.24, 2.45) is 5.73 Å². The zero-order valence-electron chi connectivity index (χ0n) is 11.1. The topological polar surface area (TPSA) is 38.5 Å². The van der Waals surface area contributed by atoms with E-state index in [0.717, 1.165) is 38.3 Å². The number of allylic oxidation sites excluding steroid dienone is 1. The van der Waals surface area contributed by atoms with Gasteiger partial charge in [0.15, 0.2) is 0 Å². The summed E-state index contributed by atoms with van der Waals surface area (Å²) in [5.41, 5.74) is 6.29. The van der Waals surface area contributed by atoms with Gasteiger partial charge in [0.25, 0.3) is 0 Å². The van der Waals surface area contributed by atoms with Crippen molar-refractivity contribution in [2.75, 3.05) is 19.7 Å². The molecule has 0 fully saturated rings. The highest BCUT2D eigenvalue weighted by Crippen LogP contribution is 2.25. The van der Waals surface area contributed by atoms with Crippen molar-refractivity contribution in [1.82, 2.24) is 4.90 Å². The Bertz CT molecular complexity index is 244. The Labute approximate surface area is 99.6 Å². The standard InChI is InChI=1S/C13H26N2O/c1-5-15(6-2)13(3,4)12(14)11-9-7-8-10-16-11/h9,12H,5-8,10,14H2,1-4H3. The van der Waals surface area contributed by atoms with E-state index in [9.17, 15) is 0 Å². The van der Waals surface area contributed by atoms with Crippen LogP contribution in [0.1, 0.15) is 40.5 Å². The summed E-state index contributed by atoms with van der Waals surface area (Å²) in [6.07, 6.45) is 4.36. The maximum absolute atomic E-state index is 6.34. The van der Waals surface area contributed by atoms with Crippen molar-refractivity contribution in [3.8, 4) is 0 Å². The molecule has 0 saturated carbocycles. The Morgan fingerprint density at radius 1 is 1.44 bits per heavy atom. The molecule has 3 nitrogen and oxygen atoms in total. The summed E-state index contributed by atoms with van der Waals surface area (Å²) in [4.78, 5) is 2.39. The molecule has 0 aromatic heterocycles. The van der Waals surface area contributed by atoms with Crippen LogP contribution in [0.5, 0.6) is 0 Å². The molecule has 0 bridgehead atoms. The summed E-state index contributed by atoms with van der Waals surface area (Å²) in [7, 11) is 0. The fraction of sp³-hybridized carbons (Fsp3) is 0.846. The number of nitrogens with zero attached hydrogens (tertiary/aromatic N) is 1. The van der Waals surface area contributed by atoms with Gasteiger partial charge >= 0.3 is 0 Å². The highest BCUT2D eigenvalue weighted by Gasteiger charge is 2.35. The fourth-order valence-corrected chi connectivity index (χ4v) is 2.38. The Morgan fingerprint density at radius 3 is 2.50 bits per heavy atom. The van der Waals surface area contributed by atoms with Gasteiger partial charge in [0.05, 0.1) is 12.6 Å². The van der Waals surface area contributed by atoms with Crippen molar-refractivity contribution in [3.05, 3.63) is 11.8 Å². The van der Waals surface area contributed by atoms with Crippen LogP contribution in [0.3, 0.4) is 0 Å². The third-order valence-corrected chi connectivity index (χ3v) is 3.61. The maximum atomic E-state index is 6.34. The minimum Gasteiger partial charge on any atom is -0.497 e. The SMILES string of the molecule is CCN(CC)C(C)(C)C(N)C1=CCCCO1. The van der Waals surface area contributed by atoms with Gasteiger partial charge in [-0.15, -0.1) is 0 Å². The van der Waals surface area contributed by atoms with Crippen molar-refractivity contribution >= 4 is 0 Å². The second kappa shape index (κ2) is 5.69. The number of ether oxygens (including phenoxy) is 1. The molecule has 0 aromatic rings. The summed E-state index contributed by atoms with van der Waals surface area (Å²) in [6, 6.07) is -0.0345. The first-order valence-electron chi connectivity index (χ1n) is 6.37. The van der Waals surface area contributed by atoms with Crippen molar-refractivity contribution in [2.45, 2.75) is 52.1 Å². The second-order valence-electron chi connectivity index (χ2n) is 4.90. The Balaban J connectivity index is 2.76. The zero-order chi connectivity index (χ0) is 12.2. The monoisotopic (exact) mass is 226 g/mol. The molecule has 1 atom stereocenters. The Morgan fingerprint density at radius 2 is 2.06 bits per heavy atom. The maximum Gasteiger partial charge on any atom is 0.111 e. The predicted octanol–water partition coefficient (Wildman–Crippen LogP) is 2.13. The van der Waals surface area contributed by atoms with Gasteiger partial charge in [0.1, 0.15) is 5.76 Å². The molecule has 2 N–H and O–H groups in total. The average Bonchev–Trinajstić information content (AvgIpc) is 2.30. The molecular weight excluding hydrogens is 200 g/mol. The van der Waals surface area contributed by atoms with Crippen LogP contribution in [0.25, 0.3) is 0 Å². The van der Waals surface area contributed by atoms with Crippen LogP contribution in [-0.2, 0) is 4.74 Å². The molecule has 0 radical (unpaired) electrons. The molecule has 1 heterocycles. The third kappa shape index (κ3) is 2.77. The van der Waals surface area contributed by atoms with E-state index in [-0.39, 0.29) is 11.6 Å². The molecule has 16 heavy (non-hydrogen) atoms. The molecule has 1 aliphatic heterocycles. The first-order chi connectivity index (χ1) is 7.54.